The molecule has 0 aliphatic heterocycles. The highest BCUT2D eigenvalue weighted by Crippen LogP contribution is 2.19. The van der Waals surface area contributed by atoms with Gasteiger partial charge >= 0.3 is 11.8 Å². The molecule has 1 aromatic heterocycles. The van der Waals surface area contributed by atoms with E-state index < -0.39 is 17.3 Å². The van der Waals surface area contributed by atoms with E-state index in [1.807, 2.05) is 0 Å². The van der Waals surface area contributed by atoms with E-state index in [0.29, 0.717) is 5.82 Å². The molecule has 2 aromatic rings. The Hall–Kier alpha value is -2.96. The van der Waals surface area contributed by atoms with Crippen LogP contribution in [0.1, 0.15) is 10.4 Å². The van der Waals surface area contributed by atoms with Crippen LogP contribution in [0.3, 0.4) is 0 Å². The highest BCUT2D eigenvalue weighted by atomic mass is 16.4. The fourth-order valence-electron chi connectivity index (χ4n) is 1.13. The molecule has 19 heavy (non-hydrogen) atoms. The summed E-state index contributed by atoms with van der Waals surface area (Å²) in [6.45, 7) is 0. The number of hydrogen-bond donors (Lipinski definition) is 4. The number of nitrogens with one attached hydrogen (secondary N) is 1. The van der Waals surface area contributed by atoms with Gasteiger partial charge in [-0.3, -0.25) is 5.73 Å². The van der Waals surface area contributed by atoms with Crippen molar-refractivity contribution in [3.63, 3.8) is 0 Å². The first kappa shape index (κ1) is 14.1. The number of aromatic carboxylic acids is 1. The van der Waals surface area contributed by atoms with Crippen LogP contribution in [0.4, 0.5) is 5.82 Å². The monoisotopic (exact) mass is 264 g/mol. The van der Waals surface area contributed by atoms with E-state index >= 15 is 0 Å². The topological polar surface area (TPSA) is 141 Å². The number of benzene rings is 1. The number of phenols is 1. The molecule has 1 aromatic carbocycles. The smallest absolute Gasteiger partial charge is 0.335 e. The number of hydrogen-bond acceptors (Lipinski definition) is 5. The third-order valence-electron chi connectivity index (χ3n) is 2.06. The molecule has 0 bridgehead atoms. The van der Waals surface area contributed by atoms with Gasteiger partial charge in [0.25, 0.3) is 0 Å². The largest absolute Gasteiger partial charge is 0.872 e. The maximum atomic E-state index is 10.7. The minimum Gasteiger partial charge on any atom is -0.872 e. The Balaban J connectivity index is 0.000000200. The molecule has 7 nitrogen and oxygen atoms in total. The van der Waals surface area contributed by atoms with Gasteiger partial charge in [-0.25, -0.2) is 9.78 Å². The quantitative estimate of drug-likeness (QED) is 0.569. The lowest BCUT2D eigenvalue weighted by Crippen LogP contribution is -2.07. The summed E-state index contributed by atoms with van der Waals surface area (Å²) in [5.74, 6) is -1.76. The van der Waals surface area contributed by atoms with E-state index in [4.69, 9.17) is 21.1 Å². The van der Waals surface area contributed by atoms with Gasteiger partial charge in [0.2, 0.25) is 5.75 Å². The number of nitrogens with two attached hydrogens (primary N) is 1. The maximum Gasteiger partial charge on any atom is 0.335 e. The zero-order chi connectivity index (χ0) is 14.4. The molecule has 0 aliphatic rings. The number of carboxylic acid groups (broad SMARTS) is 1. The summed E-state index contributed by atoms with van der Waals surface area (Å²) in [5.41, 5.74) is 4.80. The van der Waals surface area contributed by atoms with E-state index in [1.54, 1.807) is 12.3 Å². The lowest BCUT2D eigenvalue weighted by atomic mass is 10.2. The number of carboxylic acids is 1. The Kier molecular flexibility index (Phi) is 4.53. The standard InChI is InChI=1S/C7H6O4.C5H6N2O/c8-4-1-2-6(9)5(3-4)7(10)11;6-5-4(8)2-1-3-7-5/h1-3,8-9H,(H,10,11);1-3,8H,(H2,6,7). The van der Waals surface area contributed by atoms with E-state index in [0.717, 1.165) is 18.2 Å². The number of aromatic nitrogens is 1. The van der Waals surface area contributed by atoms with Crippen LogP contribution >= 0.6 is 0 Å². The molecule has 1 heterocycles. The van der Waals surface area contributed by atoms with Crippen molar-refractivity contribution in [3.05, 3.63) is 42.1 Å². The summed E-state index contributed by atoms with van der Waals surface area (Å²) in [5, 5.41) is 36.6. The number of anilines is 1. The van der Waals surface area contributed by atoms with Crippen LogP contribution < -0.4 is 15.8 Å². The Morgan fingerprint density at radius 2 is 1.95 bits per heavy atom. The third kappa shape index (κ3) is 4.08. The molecule has 0 fully saturated rings. The first-order chi connectivity index (χ1) is 8.91. The predicted octanol–water partition coefficient (Wildman–Crippen LogP) is -0.0475. The van der Waals surface area contributed by atoms with E-state index in [1.165, 1.54) is 6.07 Å². The summed E-state index contributed by atoms with van der Waals surface area (Å²) < 4.78 is 0. The van der Waals surface area contributed by atoms with Crippen LogP contribution in [-0.2, 0) is 0 Å². The molecule has 0 spiro atoms. The average molecular weight is 264 g/mol. The van der Waals surface area contributed by atoms with E-state index in [-0.39, 0.29) is 11.5 Å². The maximum absolute atomic E-state index is 10.7. The number of pyridine rings is 1. The lowest BCUT2D eigenvalue weighted by molar-refractivity contribution is -0.361. The molecule has 6 N–H and O–H groups in total. The second-order valence-electron chi connectivity index (χ2n) is 3.45. The fourth-order valence-corrected chi connectivity index (χ4v) is 1.13. The number of aromatic amines is 1. The molecular formula is C12H12N2O5. The molecule has 0 amide bonds. The fraction of sp³-hybridized carbons (Fsp3) is 0. The number of rotatable bonds is 1. The summed E-state index contributed by atoms with van der Waals surface area (Å²) in [4.78, 5) is 12.9. The first-order valence-corrected chi connectivity index (χ1v) is 5.10. The third-order valence-corrected chi connectivity index (χ3v) is 2.06. The molecule has 2 rings (SSSR count). The van der Waals surface area contributed by atoms with Gasteiger partial charge in [-0.15, -0.1) is 0 Å². The molecule has 0 aliphatic carbocycles. The van der Waals surface area contributed by atoms with Crippen molar-refractivity contribution in [2.45, 2.75) is 0 Å². The molecular weight excluding hydrogens is 252 g/mol. The molecule has 0 saturated heterocycles. The first-order valence-electron chi connectivity index (χ1n) is 5.10. The SMILES string of the molecule is Nc1[nH+]cccc1O.O=C(O)c1cc(O)ccc1[O-]. The van der Waals surface area contributed by atoms with Crippen molar-refractivity contribution in [3.8, 4) is 17.2 Å². The number of phenolic OH excluding ortho intramolecular Hbond substituents is 1. The van der Waals surface area contributed by atoms with Crippen LogP contribution in [0, 0.1) is 0 Å². The highest BCUT2D eigenvalue weighted by Gasteiger charge is 2.03. The molecule has 0 saturated carbocycles. The lowest BCUT2D eigenvalue weighted by Gasteiger charge is -2.08. The van der Waals surface area contributed by atoms with Gasteiger partial charge in [0.05, 0.1) is 11.8 Å². The molecule has 0 unspecified atom stereocenters. The van der Waals surface area contributed by atoms with Crippen molar-refractivity contribution >= 4 is 11.8 Å². The Morgan fingerprint density at radius 1 is 1.26 bits per heavy atom. The summed E-state index contributed by atoms with van der Waals surface area (Å²) in [6.07, 6.45) is 1.65. The van der Waals surface area contributed by atoms with Crippen molar-refractivity contribution < 1.29 is 30.2 Å². The van der Waals surface area contributed by atoms with Crippen LogP contribution in [0.5, 0.6) is 17.2 Å². The Labute approximate surface area is 108 Å². The minimum absolute atomic E-state index is 0.0903. The van der Waals surface area contributed by atoms with Gasteiger partial charge in [0.1, 0.15) is 5.75 Å². The normalized spacial score (nSPS) is 9.26. The summed E-state index contributed by atoms with van der Waals surface area (Å²) >= 11 is 0. The van der Waals surface area contributed by atoms with Gasteiger partial charge in [0, 0.05) is 0 Å². The van der Waals surface area contributed by atoms with Crippen LogP contribution in [0.15, 0.2) is 36.5 Å². The number of nitrogen functional groups attached to an aromatic ring is 1. The second-order valence-corrected chi connectivity index (χ2v) is 3.45. The van der Waals surface area contributed by atoms with Crippen LogP contribution in [0.2, 0.25) is 0 Å². The zero-order valence-corrected chi connectivity index (χ0v) is 9.70. The highest BCUT2D eigenvalue weighted by molar-refractivity contribution is 5.90. The van der Waals surface area contributed by atoms with Gasteiger partial charge in [-0.05, 0) is 24.3 Å². The summed E-state index contributed by atoms with van der Waals surface area (Å²) in [7, 11) is 0. The molecule has 0 atom stereocenters. The van der Waals surface area contributed by atoms with Crippen molar-refractivity contribution in [1.29, 1.82) is 0 Å². The van der Waals surface area contributed by atoms with Crippen molar-refractivity contribution in [2.24, 2.45) is 0 Å². The zero-order valence-electron chi connectivity index (χ0n) is 9.70. The van der Waals surface area contributed by atoms with Gasteiger partial charge in [-0.1, -0.05) is 11.8 Å². The molecule has 0 radical (unpaired) electrons. The molecule has 7 heteroatoms. The van der Waals surface area contributed by atoms with Gasteiger partial charge < -0.3 is 20.4 Å². The van der Waals surface area contributed by atoms with E-state index in [2.05, 4.69) is 4.98 Å². The number of aromatic hydroxyl groups is 2. The van der Waals surface area contributed by atoms with Crippen molar-refractivity contribution in [2.75, 3.05) is 5.73 Å². The Morgan fingerprint density at radius 3 is 2.37 bits per heavy atom. The van der Waals surface area contributed by atoms with Crippen LogP contribution in [0.25, 0.3) is 0 Å². The molecule has 100 valence electrons. The second kappa shape index (κ2) is 6.10. The van der Waals surface area contributed by atoms with Gasteiger partial charge in [0.15, 0.2) is 0 Å². The van der Waals surface area contributed by atoms with Gasteiger partial charge in [-0.2, -0.15) is 0 Å². The minimum atomic E-state index is -1.33. The number of carbonyl (C=O) groups is 1. The predicted molar refractivity (Wildman–Crippen MR) is 63.6 cm³/mol. The van der Waals surface area contributed by atoms with Crippen LogP contribution in [-0.4, -0.2) is 21.3 Å². The number of H-pyrrole nitrogens is 1. The van der Waals surface area contributed by atoms with Crippen molar-refractivity contribution in [1.82, 2.24) is 0 Å². The average Bonchev–Trinajstić information content (AvgIpc) is 2.36. The van der Waals surface area contributed by atoms with E-state index in [9.17, 15) is 9.90 Å². The summed E-state index contributed by atoms with van der Waals surface area (Å²) in [6, 6.07) is 6.27. The Bertz CT molecular complexity index is 565.